The summed E-state index contributed by atoms with van der Waals surface area (Å²) in [6.45, 7) is 2.68. The van der Waals surface area contributed by atoms with E-state index in [1.165, 1.54) is 6.07 Å². The van der Waals surface area contributed by atoms with E-state index in [4.69, 9.17) is 21.1 Å². The number of hydrogen-bond donors (Lipinski definition) is 0. The quantitative estimate of drug-likeness (QED) is 0.752. The molecule has 18 heavy (non-hydrogen) atoms. The van der Waals surface area contributed by atoms with Gasteiger partial charge in [-0.1, -0.05) is 22.9 Å². The van der Waals surface area contributed by atoms with E-state index in [0.717, 1.165) is 10.9 Å². The van der Waals surface area contributed by atoms with Gasteiger partial charge in [-0.25, -0.2) is 4.39 Å². The highest BCUT2D eigenvalue weighted by atomic mass is 79.9. The second kappa shape index (κ2) is 6.22. The first-order valence-corrected chi connectivity index (χ1v) is 7.22. The standard InChI is InChI=1S/C13H15BrClFO2/c1-2-5-17-13-9(15)7-12(13)18-11-6-8(14)3-4-10(11)16/h3-4,6,9,12-13H,2,5,7H2,1H3. The van der Waals surface area contributed by atoms with E-state index < -0.39 is 0 Å². The molecule has 0 aromatic heterocycles. The summed E-state index contributed by atoms with van der Waals surface area (Å²) in [5, 5.41) is -0.0447. The van der Waals surface area contributed by atoms with E-state index in [1.54, 1.807) is 12.1 Å². The first-order chi connectivity index (χ1) is 8.61. The van der Waals surface area contributed by atoms with Gasteiger partial charge in [0.25, 0.3) is 0 Å². The second-order valence-electron chi connectivity index (χ2n) is 4.32. The third-order valence-electron chi connectivity index (χ3n) is 2.87. The molecule has 3 unspecified atom stereocenters. The fourth-order valence-corrected chi connectivity index (χ4v) is 2.59. The molecular formula is C13H15BrClFO2. The molecule has 0 aliphatic heterocycles. The molecule has 1 aliphatic carbocycles. The average molecular weight is 338 g/mol. The molecule has 100 valence electrons. The summed E-state index contributed by atoms with van der Waals surface area (Å²) in [5.74, 6) is -0.131. The lowest BCUT2D eigenvalue weighted by molar-refractivity contribution is -0.0808. The molecule has 1 aliphatic rings. The molecule has 1 fully saturated rings. The SMILES string of the molecule is CCCOC1C(Cl)CC1Oc1cc(Br)ccc1F. The van der Waals surface area contributed by atoms with Crippen molar-refractivity contribution in [3.05, 3.63) is 28.5 Å². The fourth-order valence-electron chi connectivity index (χ4n) is 1.84. The molecule has 0 saturated heterocycles. The molecule has 5 heteroatoms. The van der Waals surface area contributed by atoms with E-state index in [2.05, 4.69) is 15.9 Å². The number of rotatable bonds is 5. The normalized spacial score (nSPS) is 26.8. The Bertz CT molecular complexity index is 416. The lowest BCUT2D eigenvalue weighted by Gasteiger charge is -2.40. The van der Waals surface area contributed by atoms with Gasteiger partial charge >= 0.3 is 0 Å². The Morgan fingerprint density at radius 2 is 2.28 bits per heavy atom. The number of ether oxygens (including phenoxy) is 2. The summed E-state index contributed by atoms with van der Waals surface area (Å²) < 4.78 is 25.6. The fraction of sp³-hybridized carbons (Fsp3) is 0.538. The zero-order chi connectivity index (χ0) is 13.1. The van der Waals surface area contributed by atoms with E-state index in [0.29, 0.717) is 13.0 Å². The minimum atomic E-state index is -0.370. The van der Waals surface area contributed by atoms with Crippen LogP contribution in [0.2, 0.25) is 0 Å². The van der Waals surface area contributed by atoms with E-state index in [9.17, 15) is 4.39 Å². The van der Waals surface area contributed by atoms with Crippen LogP contribution in [-0.4, -0.2) is 24.2 Å². The summed E-state index contributed by atoms with van der Waals surface area (Å²) in [6, 6.07) is 4.63. The van der Waals surface area contributed by atoms with Crippen molar-refractivity contribution in [2.24, 2.45) is 0 Å². The Balaban J connectivity index is 1.98. The lowest BCUT2D eigenvalue weighted by Crippen LogP contribution is -2.52. The van der Waals surface area contributed by atoms with Crippen LogP contribution in [0.15, 0.2) is 22.7 Å². The van der Waals surface area contributed by atoms with Gasteiger partial charge in [0, 0.05) is 17.5 Å². The van der Waals surface area contributed by atoms with Crippen molar-refractivity contribution >= 4 is 27.5 Å². The maximum Gasteiger partial charge on any atom is 0.165 e. The highest BCUT2D eigenvalue weighted by Crippen LogP contribution is 2.34. The highest BCUT2D eigenvalue weighted by Gasteiger charge is 2.43. The predicted octanol–water partition coefficient (Wildman–Crippen LogP) is 4.14. The van der Waals surface area contributed by atoms with Crippen molar-refractivity contribution in [3.8, 4) is 5.75 Å². The zero-order valence-corrected chi connectivity index (χ0v) is 12.4. The summed E-state index contributed by atoms with van der Waals surface area (Å²) in [5.41, 5.74) is 0. The number of halogens is 3. The van der Waals surface area contributed by atoms with Crippen LogP contribution in [0.4, 0.5) is 4.39 Å². The minimum absolute atomic E-state index is 0.0447. The second-order valence-corrected chi connectivity index (χ2v) is 5.79. The number of hydrogen-bond acceptors (Lipinski definition) is 2. The molecule has 2 nitrogen and oxygen atoms in total. The molecule has 1 saturated carbocycles. The molecule has 0 amide bonds. The Kier molecular flexibility index (Phi) is 4.87. The molecule has 1 aromatic rings. The van der Waals surface area contributed by atoms with Crippen LogP contribution in [0.3, 0.4) is 0 Å². The largest absolute Gasteiger partial charge is 0.484 e. The molecule has 0 N–H and O–H groups in total. The van der Waals surface area contributed by atoms with Gasteiger partial charge in [0.15, 0.2) is 11.6 Å². The molecule has 0 spiro atoms. The van der Waals surface area contributed by atoms with Gasteiger partial charge in [0.2, 0.25) is 0 Å². The summed E-state index contributed by atoms with van der Waals surface area (Å²) >= 11 is 9.37. The number of benzene rings is 1. The third-order valence-corrected chi connectivity index (χ3v) is 3.79. The van der Waals surface area contributed by atoms with Gasteiger partial charge in [-0.05, 0) is 24.6 Å². The minimum Gasteiger partial charge on any atom is -0.484 e. The van der Waals surface area contributed by atoms with Crippen LogP contribution in [-0.2, 0) is 4.74 Å². The van der Waals surface area contributed by atoms with Crippen molar-refractivity contribution in [3.63, 3.8) is 0 Å². The van der Waals surface area contributed by atoms with Gasteiger partial charge < -0.3 is 9.47 Å². The molecule has 3 atom stereocenters. The van der Waals surface area contributed by atoms with E-state index in [-0.39, 0.29) is 29.2 Å². The van der Waals surface area contributed by atoms with Crippen molar-refractivity contribution in [1.29, 1.82) is 0 Å². The Labute approximate surface area is 120 Å². The molecule has 1 aromatic carbocycles. The summed E-state index contributed by atoms with van der Waals surface area (Å²) in [4.78, 5) is 0. The van der Waals surface area contributed by atoms with Gasteiger partial charge in [0.1, 0.15) is 12.2 Å². The molecule has 0 heterocycles. The van der Waals surface area contributed by atoms with Crippen LogP contribution in [0, 0.1) is 5.82 Å². The van der Waals surface area contributed by atoms with E-state index >= 15 is 0 Å². The lowest BCUT2D eigenvalue weighted by atomic mass is 9.91. The Hall–Kier alpha value is -0.320. The molecular weight excluding hydrogens is 322 g/mol. The van der Waals surface area contributed by atoms with Crippen LogP contribution in [0.1, 0.15) is 19.8 Å². The third kappa shape index (κ3) is 3.16. The summed E-state index contributed by atoms with van der Waals surface area (Å²) in [6.07, 6.45) is 1.30. The number of alkyl halides is 1. The van der Waals surface area contributed by atoms with Crippen LogP contribution >= 0.6 is 27.5 Å². The first kappa shape index (κ1) is 14.1. The monoisotopic (exact) mass is 336 g/mol. The molecule has 2 rings (SSSR count). The van der Waals surface area contributed by atoms with Crippen LogP contribution in [0.5, 0.6) is 5.75 Å². The van der Waals surface area contributed by atoms with Gasteiger partial charge in [-0.3, -0.25) is 0 Å². The van der Waals surface area contributed by atoms with Crippen molar-refractivity contribution in [1.82, 2.24) is 0 Å². The molecule has 0 bridgehead atoms. The van der Waals surface area contributed by atoms with Gasteiger partial charge in [-0.2, -0.15) is 0 Å². The summed E-state index contributed by atoms with van der Waals surface area (Å²) in [7, 11) is 0. The predicted molar refractivity (Wildman–Crippen MR) is 72.8 cm³/mol. The Morgan fingerprint density at radius 3 is 2.94 bits per heavy atom. The smallest absolute Gasteiger partial charge is 0.165 e. The molecule has 0 radical (unpaired) electrons. The highest BCUT2D eigenvalue weighted by molar-refractivity contribution is 9.10. The van der Waals surface area contributed by atoms with Gasteiger partial charge in [0.05, 0.1) is 5.38 Å². The topological polar surface area (TPSA) is 18.5 Å². The Morgan fingerprint density at radius 1 is 1.50 bits per heavy atom. The van der Waals surface area contributed by atoms with Crippen LogP contribution in [0.25, 0.3) is 0 Å². The van der Waals surface area contributed by atoms with Crippen LogP contribution < -0.4 is 4.74 Å². The average Bonchev–Trinajstić information content (AvgIpc) is 2.33. The van der Waals surface area contributed by atoms with Crippen molar-refractivity contribution < 1.29 is 13.9 Å². The van der Waals surface area contributed by atoms with Crippen molar-refractivity contribution in [2.75, 3.05) is 6.61 Å². The van der Waals surface area contributed by atoms with Gasteiger partial charge in [-0.15, -0.1) is 11.6 Å². The van der Waals surface area contributed by atoms with Crippen molar-refractivity contribution in [2.45, 2.75) is 37.4 Å². The van der Waals surface area contributed by atoms with E-state index in [1.807, 2.05) is 6.92 Å². The maximum atomic E-state index is 13.5. The zero-order valence-electron chi connectivity index (χ0n) is 10.0. The first-order valence-electron chi connectivity index (χ1n) is 5.99. The maximum absolute atomic E-state index is 13.5.